The molecule has 8 nitrogen and oxygen atoms in total. The van der Waals surface area contributed by atoms with Gasteiger partial charge in [0.25, 0.3) is 0 Å². The minimum absolute atomic E-state index is 0.0414. The fourth-order valence-electron chi connectivity index (χ4n) is 3.56. The van der Waals surface area contributed by atoms with Crippen molar-refractivity contribution in [3.05, 3.63) is 23.9 Å². The lowest BCUT2D eigenvalue weighted by Gasteiger charge is -2.30. The number of aromatic nitrogens is 3. The lowest BCUT2D eigenvalue weighted by molar-refractivity contribution is -0.137. The zero-order valence-electron chi connectivity index (χ0n) is 16.2. The monoisotopic (exact) mass is 422 g/mol. The van der Waals surface area contributed by atoms with Gasteiger partial charge >= 0.3 is 6.18 Å². The minimum Gasteiger partial charge on any atom is -0.384 e. The maximum Gasteiger partial charge on any atom is 0.417 e. The number of morpholine rings is 1. The summed E-state index contributed by atoms with van der Waals surface area (Å²) in [5, 5.41) is 0. The molecule has 1 amide bonds. The molecule has 2 aliphatic heterocycles. The van der Waals surface area contributed by atoms with Gasteiger partial charge in [0.15, 0.2) is 0 Å². The highest BCUT2D eigenvalue weighted by molar-refractivity contribution is 5.93. The van der Waals surface area contributed by atoms with Crippen LogP contribution in [0, 0.1) is 0 Å². The zero-order chi connectivity index (χ0) is 21.3. The van der Waals surface area contributed by atoms with Gasteiger partial charge in [-0.05, 0) is 18.9 Å². The highest BCUT2D eigenvalue weighted by Crippen LogP contribution is 2.38. The Kier molecular flexibility index (Phi) is 5.46. The van der Waals surface area contributed by atoms with Crippen LogP contribution in [0.4, 0.5) is 30.8 Å². The SMILES string of the molecule is Nc1cc(C(F)(F)F)c(-c2cc(N3CCCCC3=O)nc(N3CCOCC3)n2)cn1. The molecule has 0 saturated carbocycles. The molecule has 11 heteroatoms. The largest absolute Gasteiger partial charge is 0.417 e. The van der Waals surface area contributed by atoms with E-state index in [9.17, 15) is 18.0 Å². The van der Waals surface area contributed by atoms with Gasteiger partial charge in [-0.2, -0.15) is 18.2 Å². The third-order valence-corrected chi connectivity index (χ3v) is 5.10. The first-order chi connectivity index (χ1) is 14.3. The van der Waals surface area contributed by atoms with Crippen LogP contribution in [0.15, 0.2) is 18.3 Å². The van der Waals surface area contributed by atoms with E-state index in [1.165, 1.54) is 11.0 Å². The number of carbonyl (C=O) groups excluding carboxylic acids is 1. The number of carbonyl (C=O) groups is 1. The van der Waals surface area contributed by atoms with E-state index in [1.807, 2.05) is 4.90 Å². The Morgan fingerprint density at radius 2 is 1.83 bits per heavy atom. The fraction of sp³-hybridized carbons (Fsp3) is 0.474. The summed E-state index contributed by atoms with van der Waals surface area (Å²) in [6, 6.07) is 2.20. The smallest absolute Gasteiger partial charge is 0.384 e. The molecule has 4 heterocycles. The van der Waals surface area contributed by atoms with Crippen molar-refractivity contribution < 1.29 is 22.7 Å². The molecule has 30 heavy (non-hydrogen) atoms. The average molecular weight is 422 g/mol. The van der Waals surface area contributed by atoms with Crippen molar-refractivity contribution in [1.29, 1.82) is 0 Å². The van der Waals surface area contributed by atoms with Gasteiger partial charge in [-0.3, -0.25) is 9.69 Å². The van der Waals surface area contributed by atoms with Crippen LogP contribution in [-0.4, -0.2) is 53.7 Å². The van der Waals surface area contributed by atoms with Gasteiger partial charge in [0.1, 0.15) is 11.6 Å². The summed E-state index contributed by atoms with van der Waals surface area (Å²) >= 11 is 0. The lowest BCUT2D eigenvalue weighted by Crippen LogP contribution is -2.39. The van der Waals surface area contributed by atoms with Gasteiger partial charge in [-0.1, -0.05) is 0 Å². The number of rotatable bonds is 3. The van der Waals surface area contributed by atoms with Crippen LogP contribution in [0.25, 0.3) is 11.3 Å². The molecule has 0 bridgehead atoms. The molecule has 2 fully saturated rings. The summed E-state index contributed by atoms with van der Waals surface area (Å²) in [5.74, 6) is 0.204. The van der Waals surface area contributed by atoms with Gasteiger partial charge in [-0.15, -0.1) is 0 Å². The van der Waals surface area contributed by atoms with Crippen molar-refractivity contribution in [3.8, 4) is 11.3 Å². The number of nitrogens with zero attached hydrogens (tertiary/aromatic N) is 5. The summed E-state index contributed by atoms with van der Waals surface area (Å²) in [5.41, 5.74) is 4.39. The third-order valence-electron chi connectivity index (χ3n) is 5.10. The maximum atomic E-state index is 13.7. The Morgan fingerprint density at radius 3 is 2.53 bits per heavy atom. The normalized spacial score (nSPS) is 18.0. The molecule has 0 radical (unpaired) electrons. The van der Waals surface area contributed by atoms with Crippen molar-refractivity contribution >= 4 is 23.5 Å². The molecule has 0 atom stereocenters. The number of hydrogen-bond donors (Lipinski definition) is 1. The first kappa shape index (κ1) is 20.3. The lowest BCUT2D eigenvalue weighted by atomic mass is 10.1. The molecule has 2 N–H and O–H groups in total. The van der Waals surface area contributed by atoms with Gasteiger partial charge in [-0.25, -0.2) is 9.97 Å². The van der Waals surface area contributed by atoms with Crippen LogP contribution in [0.1, 0.15) is 24.8 Å². The standard InChI is InChI=1S/C19H21F3N6O2/c20-19(21,22)13-9-15(23)24-11-12(13)14-10-16(28-4-2-1-3-17(28)29)26-18(25-14)27-5-7-30-8-6-27/h9-11H,1-8H2,(H2,23,24). The summed E-state index contributed by atoms with van der Waals surface area (Å²) in [6.07, 6.45) is -1.62. The first-order valence-corrected chi connectivity index (χ1v) is 9.68. The minimum atomic E-state index is -4.64. The van der Waals surface area contributed by atoms with Crippen LogP contribution in [-0.2, 0) is 15.7 Å². The van der Waals surface area contributed by atoms with Crippen molar-refractivity contribution in [3.63, 3.8) is 0 Å². The van der Waals surface area contributed by atoms with Gasteiger partial charge in [0, 0.05) is 43.9 Å². The molecule has 2 aromatic heterocycles. The highest BCUT2D eigenvalue weighted by Gasteiger charge is 2.35. The van der Waals surface area contributed by atoms with E-state index in [0.717, 1.165) is 25.1 Å². The fourth-order valence-corrected chi connectivity index (χ4v) is 3.56. The van der Waals surface area contributed by atoms with E-state index in [-0.39, 0.29) is 34.7 Å². The predicted molar refractivity (Wildman–Crippen MR) is 104 cm³/mol. The van der Waals surface area contributed by atoms with E-state index < -0.39 is 11.7 Å². The van der Waals surface area contributed by atoms with Crippen molar-refractivity contribution in [2.75, 3.05) is 48.4 Å². The molecule has 2 aromatic rings. The molecular weight excluding hydrogens is 401 g/mol. The highest BCUT2D eigenvalue weighted by atomic mass is 19.4. The quantitative estimate of drug-likeness (QED) is 0.812. The van der Waals surface area contributed by atoms with Gasteiger partial charge in [0.2, 0.25) is 11.9 Å². The number of ether oxygens (including phenoxy) is 1. The van der Waals surface area contributed by atoms with Gasteiger partial charge in [0.05, 0.1) is 24.5 Å². The molecular formula is C19H21F3N6O2. The molecule has 4 rings (SSSR count). The van der Waals surface area contributed by atoms with Crippen LogP contribution < -0.4 is 15.5 Å². The molecule has 0 spiro atoms. The molecule has 2 aliphatic rings. The maximum absolute atomic E-state index is 13.7. The van der Waals surface area contributed by atoms with E-state index in [0.29, 0.717) is 39.3 Å². The van der Waals surface area contributed by atoms with Gasteiger partial charge < -0.3 is 15.4 Å². The Labute approximate surface area is 170 Å². The van der Waals surface area contributed by atoms with Crippen molar-refractivity contribution in [2.45, 2.75) is 25.4 Å². The Hall–Kier alpha value is -2.95. The van der Waals surface area contributed by atoms with Crippen LogP contribution in [0.3, 0.4) is 0 Å². The second-order valence-corrected chi connectivity index (χ2v) is 7.17. The predicted octanol–water partition coefficient (Wildman–Crippen LogP) is 2.49. The van der Waals surface area contributed by atoms with Crippen LogP contribution in [0.2, 0.25) is 0 Å². The number of hydrogen-bond acceptors (Lipinski definition) is 7. The van der Waals surface area contributed by atoms with Crippen molar-refractivity contribution in [1.82, 2.24) is 15.0 Å². The number of anilines is 3. The molecule has 160 valence electrons. The number of halogens is 3. The van der Waals surface area contributed by atoms with Crippen LogP contribution in [0.5, 0.6) is 0 Å². The number of pyridine rings is 1. The van der Waals surface area contributed by atoms with Crippen molar-refractivity contribution in [2.24, 2.45) is 0 Å². The number of amides is 1. The molecule has 0 aliphatic carbocycles. The number of piperidine rings is 1. The van der Waals surface area contributed by atoms with E-state index >= 15 is 0 Å². The second-order valence-electron chi connectivity index (χ2n) is 7.17. The first-order valence-electron chi connectivity index (χ1n) is 9.68. The third kappa shape index (κ3) is 4.16. The average Bonchev–Trinajstić information content (AvgIpc) is 2.74. The summed E-state index contributed by atoms with van der Waals surface area (Å²) in [4.78, 5) is 28.5. The van der Waals surface area contributed by atoms with E-state index in [2.05, 4.69) is 15.0 Å². The topological polar surface area (TPSA) is 97.5 Å². The van der Waals surface area contributed by atoms with E-state index in [4.69, 9.17) is 10.5 Å². The Balaban J connectivity index is 1.85. The molecule has 2 saturated heterocycles. The van der Waals surface area contributed by atoms with Crippen LogP contribution >= 0.6 is 0 Å². The van der Waals surface area contributed by atoms with E-state index in [1.54, 1.807) is 0 Å². The number of alkyl halides is 3. The second kappa shape index (κ2) is 8.05. The Bertz CT molecular complexity index is 946. The summed E-state index contributed by atoms with van der Waals surface area (Å²) < 4.78 is 46.3. The zero-order valence-corrected chi connectivity index (χ0v) is 16.2. The number of nitrogens with two attached hydrogens (primary N) is 1. The Morgan fingerprint density at radius 1 is 1.07 bits per heavy atom. The summed E-state index contributed by atoms with van der Waals surface area (Å²) in [6.45, 7) is 2.39. The molecule has 0 aromatic carbocycles. The summed E-state index contributed by atoms with van der Waals surface area (Å²) in [7, 11) is 0. The molecule has 0 unspecified atom stereocenters. The number of nitrogen functional groups attached to an aromatic ring is 1.